The van der Waals surface area contributed by atoms with Gasteiger partial charge in [0.15, 0.2) is 9.84 Å². The van der Waals surface area contributed by atoms with E-state index in [1.54, 1.807) is 38.2 Å². The number of nitrogens with one attached hydrogen (secondary N) is 1. The Kier molecular flexibility index (Phi) is 3.88. The summed E-state index contributed by atoms with van der Waals surface area (Å²) in [6.45, 7) is 3.59. The van der Waals surface area contributed by atoms with Crippen LogP contribution in [0.5, 0.6) is 0 Å². The Bertz CT molecular complexity index is 400. The quantitative estimate of drug-likeness (QED) is 0.847. The molecule has 15 heavy (non-hydrogen) atoms. The molecule has 84 valence electrons. The molecular formula is C11H17NO2S. The molecule has 0 heterocycles. The molecule has 0 aliphatic carbocycles. The average molecular weight is 227 g/mol. The highest BCUT2D eigenvalue weighted by atomic mass is 32.2. The Hall–Kier alpha value is -0.870. The first-order valence-electron chi connectivity index (χ1n) is 4.96. The van der Waals surface area contributed by atoms with Gasteiger partial charge in [-0.3, -0.25) is 0 Å². The zero-order valence-electron chi connectivity index (χ0n) is 9.27. The maximum absolute atomic E-state index is 12.1. The topological polar surface area (TPSA) is 46.2 Å². The summed E-state index contributed by atoms with van der Waals surface area (Å²) < 4.78 is 24.2. The highest BCUT2D eigenvalue weighted by Crippen LogP contribution is 2.17. The van der Waals surface area contributed by atoms with Gasteiger partial charge in [0.1, 0.15) is 0 Å². The van der Waals surface area contributed by atoms with Gasteiger partial charge in [0.25, 0.3) is 0 Å². The van der Waals surface area contributed by atoms with Crippen LogP contribution in [0.4, 0.5) is 0 Å². The van der Waals surface area contributed by atoms with Crippen molar-refractivity contribution in [2.45, 2.75) is 30.0 Å². The molecule has 0 spiro atoms. The summed E-state index contributed by atoms with van der Waals surface area (Å²) in [5.41, 5.74) is 0. The highest BCUT2D eigenvalue weighted by molar-refractivity contribution is 7.92. The monoisotopic (exact) mass is 227 g/mol. The van der Waals surface area contributed by atoms with E-state index in [1.165, 1.54) is 0 Å². The van der Waals surface area contributed by atoms with E-state index in [1.807, 2.05) is 13.0 Å². The molecule has 0 bridgehead atoms. The van der Waals surface area contributed by atoms with Crippen molar-refractivity contribution < 1.29 is 8.42 Å². The van der Waals surface area contributed by atoms with E-state index in [-0.39, 0.29) is 6.04 Å². The van der Waals surface area contributed by atoms with Crippen LogP contribution in [0.3, 0.4) is 0 Å². The van der Waals surface area contributed by atoms with Crippen LogP contribution in [0, 0.1) is 0 Å². The van der Waals surface area contributed by atoms with Crippen LogP contribution in [0.1, 0.15) is 13.8 Å². The molecular weight excluding hydrogens is 210 g/mol. The maximum atomic E-state index is 12.1. The lowest BCUT2D eigenvalue weighted by Gasteiger charge is -2.19. The number of benzene rings is 1. The largest absolute Gasteiger partial charge is 0.316 e. The minimum atomic E-state index is -3.21. The van der Waals surface area contributed by atoms with Crippen LogP contribution in [0.15, 0.2) is 35.2 Å². The van der Waals surface area contributed by atoms with Gasteiger partial charge in [-0.2, -0.15) is 0 Å². The van der Waals surface area contributed by atoms with E-state index in [9.17, 15) is 8.42 Å². The van der Waals surface area contributed by atoms with Crippen LogP contribution in [0.25, 0.3) is 0 Å². The van der Waals surface area contributed by atoms with Crippen molar-refractivity contribution in [3.63, 3.8) is 0 Å². The van der Waals surface area contributed by atoms with Gasteiger partial charge in [0.2, 0.25) is 0 Å². The van der Waals surface area contributed by atoms with Gasteiger partial charge in [-0.05, 0) is 33.0 Å². The SMILES string of the molecule is CNC(C)C(C)S(=O)(=O)c1ccccc1. The van der Waals surface area contributed by atoms with Crippen molar-refractivity contribution in [3.05, 3.63) is 30.3 Å². The number of hydrogen-bond acceptors (Lipinski definition) is 3. The predicted molar refractivity (Wildman–Crippen MR) is 61.6 cm³/mol. The van der Waals surface area contributed by atoms with Gasteiger partial charge in [-0.1, -0.05) is 18.2 Å². The second kappa shape index (κ2) is 4.77. The third-order valence-corrected chi connectivity index (χ3v) is 5.04. The molecule has 0 saturated heterocycles. The van der Waals surface area contributed by atoms with E-state index < -0.39 is 15.1 Å². The fraction of sp³-hybridized carbons (Fsp3) is 0.455. The first kappa shape index (κ1) is 12.2. The molecule has 0 aromatic heterocycles. The minimum Gasteiger partial charge on any atom is -0.316 e. The Morgan fingerprint density at radius 2 is 1.67 bits per heavy atom. The maximum Gasteiger partial charge on any atom is 0.182 e. The second-order valence-electron chi connectivity index (χ2n) is 3.64. The van der Waals surface area contributed by atoms with Gasteiger partial charge < -0.3 is 5.32 Å². The van der Waals surface area contributed by atoms with E-state index in [2.05, 4.69) is 5.32 Å². The van der Waals surface area contributed by atoms with E-state index in [0.717, 1.165) is 0 Å². The standard InChI is InChI=1S/C11H17NO2S/c1-9(12-3)10(2)15(13,14)11-7-5-4-6-8-11/h4-10,12H,1-3H3. The first-order chi connectivity index (χ1) is 7.00. The molecule has 1 aromatic carbocycles. The molecule has 2 unspecified atom stereocenters. The van der Waals surface area contributed by atoms with Gasteiger partial charge in [0.05, 0.1) is 10.1 Å². The summed E-state index contributed by atoms with van der Waals surface area (Å²) in [6, 6.07) is 8.50. The summed E-state index contributed by atoms with van der Waals surface area (Å²) in [4.78, 5) is 0.389. The fourth-order valence-electron chi connectivity index (χ4n) is 1.33. The zero-order chi connectivity index (χ0) is 11.5. The molecule has 0 aliphatic rings. The van der Waals surface area contributed by atoms with Crippen molar-refractivity contribution in [1.82, 2.24) is 5.32 Å². The van der Waals surface area contributed by atoms with Gasteiger partial charge in [-0.15, -0.1) is 0 Å². The molecule has 0 fully saturated rings. The summed E-state index contributed by atoms with van der Waals surface area (Å²) in [5, 5.41) is 2.54. The van der Waals surface area contributed by atoms with Crippen LogP contribution in [0.2, 0.25) is 0 Å². The number of rotatable bonds is 4. The van der Waals surface area contributed by atoms with Crippen molar-refractivity contribution >= 4 is 9.84 Å². The Morgan fingerprint density at radius 3 is 2.13 bits per heavy atom. The van der Waals surface area contributed by atoms with Crippen LogP contribution >= 0.6 is 0 Å². The van der Waals surface area contributed by atoms with Crippen molar-refractivity contribution in [2.75, 3.05) is 7.05 Å². The molecule has 3 nitrogen and oxygen atoms in total. The summed E-state index contributed by atoms with van der Waals surface area (Å²) in [5.74, 6) is 0. The Labute approximate surface area is 91.4 Å². The molecule has 0 radical (unpaired) electrons. The lowest BCUT2D eigenvalue weighted by Crippen LogP contribution is -2.38. The predicted octanol–water partition coefficient (Wildman–Crippen LogP) is 1.46. The molecule has 4 heteroatoms. The molecule has 1 rings (SSSR count). The Balaban J connectivity index is 3.04. The summed E-state index contributed by atoms with van der Waals surface area (Å²) >= 11 is 0. The molecule has 1 N–H and O–H groups in total. The van der Waals surface area contributed by atoms with Crippen LogP contribution < -0.4 is 5.32 Å². The first-order valence-corrected chi connectivity index (χ1v) is 6.51. The molecule has 0 amide bonds. The average Bonchev–Trinajstić information content (AvgIpc) is 2.28. The smallest absolute Gasteiger partial charge is 0.182 e. The summed E-state index contributed by atoms with van der Waals surface area (Å²) in [7, 11) is -1.45. The lowest BCUT2D eigenvalue weighted by molar-refractivity contribution is 0.539. The van der Waals surface area contributed by atoms with Gasteiger partial charge >= 0.3 is 0 Å². The molecule has 2 atom stereocenters. The van der Waals surface area contributed by atoms with Crippen molar-refractivity contribution in [2.24, 2.45) is 0 Å². The number of hydrogen-bond donors (Lipinski definition) is 1. The Morgan fingerprint density at radius 1 is 1.13 bits per heavy atom. The second-order valence-corrected chi connectivity index (χ2v) is 5.95. The normalized spacial score (nSPS) is 15.9. The van der Waals surface area contributed by atoms with E-state index in [0.29, 0.717) is 4.90 Å². The zero-order valence-corrected chi connectivity index (χ0v) is 10.1. The molecule has 0 saturated carbocycles. The highest BCUT2D eigenvalue weighted by Gasteiger charge is 2.26. The van der Waals surface area contributed by atoms with Gasteiger partial charge in [-0.25, -0.2) is 8.42 Å². The van der Waals surface area contributed by atoms with Crippen molar-refractivity contribution in [1.29, 1.82) is 0 Å². The van der Waals surface area contributed by atoms with E-state index >= 15 is 0 Å². The van der Waals surface area contributed by atoms with Crippen LogP contribution in [-0.4, -0.2) is 26.8 Å². The lowest BCUT2D eigenvalue weighted by atomic mass is 10.3. The van der Waals surface area contributed by atoms with E-state index in [4.69, 9.17) is 0 Å². The van der Waals surface area contributed by atoms with Gasteiger partial charge in [0, 0.05) is 6.04 Å². The number of sulfone groups is 1. The third kappa shape index (κ3) is 2.58. The summed E-state index contributed by atoms with van der Waals surface area (Å²) in [6.07, 6.45) is 0. The minimum absolute atomic E-state index is 0.0600. The molecule has 0 aliphatic heterocycles. The fourth-order valence-corrected chi connectivity index (χ4v) is 2.97. The third-order valence-electron chi connectivity index (χ3n) is 2.72. The van der Waals surface area contributed by atoms with Crippen LogP contribution in [-0.2, 0) is 9.84 Å². The molecule has 1 aromatic rings. The van der Waals surface area contributed by atoms with Crippen molar-refractivity contribution in [3.8, 4) is 0 Å².